The van der Waals surface area contributed by atoms with Crippen molar-refractivity contribution in [1.82, 2.24) is 0 Å². The summed E-state index contributed by atoms with van der Waals surface area (Å²) in [5, 5.41) is 0. The third kappa shape index (κ3) is 4.68. The van der Waals surface area contributed by atoms with Crippen molar-refractivity contribution in [2.45, 2.75) is 107 Å². The van der Waals surface area contributed by atoms with Gasteiger partial charge in [-0.25, -0.2) is 0 Å². The summed E-state index contributed by atoms with van der Waals surface area (Å²) in [6.07, 6.45) is 4.81. The Bertz CT molecular complexity index is 1280. The van der Waals surface area contributed by atoms with Gasteiger partial charge in [0, 0.05) is 0 Å². The molecule has 2 unspecified atom stereocenters. The van der Waals surface area contributed by atoms with Crippen LogP contribution in [0.1, 0.15) is 152 Å². The van der Waals surface area contributed by atoms with Gasteiger partial charge >= 0.3 is 236 Å². The van der Waals surface area contributed by atoms with Crippen LogP contribution in [0.3, 0.4) is 0 Å². The van der Waals surface area contributed by atoms with Crippen molar-refractivity contribution >= 4 is 32.9 Å². The van der Waals surface area contributed by atoms with Crippen molar-refractivity contribution in [1.29, 1.82) is 0 Å². The number of hydrogen-bond donors (Lipinski definition) is 0. The van der Waals surface area contributed by atoms with E-state index in [0.717, 1.165) is 0 Å². The van der Waals surface area contributed by atoms with Gasteiger partial charge in [0.2, 0.25) is 0 Å². The summed E-state index contributed by atoms with van der Waals surface area (Å²) in [7, 11) is 16.4. The second kappa shape index (κ2) is 10.0. The molecule has 0 aliphatic heterocycles. The molecule has 2 atom stereocenters. The molecule has 4 rings (SSSR count). The zero-order chi connectivity index (χ0) is 27.6. The van der Waals surface area contributed by atoms with E-state index in [4.69, 9.17) is 17.0 Å². The number of hydrogen-bond acceptors (Lipinski definition) is 0. The molecule has 0 bridgehead atoms. The molecule has 0 N–H and O–H groups in total. The predicted octanol–water partition coefficient (Wildman–Crippen LogP) is 11.6. The molecule has 2 aromatic carbocycles. The maximum atomic E-state index is 8.20. The molecule has 200 valence electrons. The Morgan fingerprint density at radius 3 is 1.24 bits per heavy atom. The third-order valence-corrected chi connectivity index (χ3v) is 28.7. The van der Waals surface area contributed by atoms with Crippen molar-refractivity contribution < 1.29 is 15.9 Å². The van der Waals surface area contributed by atoms with Gasteiger partial charge in [0.15, 0.2) is 0 Å². The molecule has 2 aliphatic rings. The summed E-state index contributed by atoms with van der Waals surface area (Å²) >= 11 is -4.75. The summed E-state index contributed by atoms with van der Waals surface area (Å²) in [6, 6.07) is 9.71. The van der Waals surface area contributed by atoms with E-state index in [0.29, 0.717) is 23.7 Å². The van der Waals surface area contributed by atoms with E-state index < -0.39 is 15.9 Å². The van der Waals surface area contributed by atoms with Crippen LogP contribution in [0.5, 0.6) is 0 Å². The summed E-state index contributed by atoms with van der Waals surface area (Å²) in [4.78, 5) is 0. The van der Waals surface area contributed by atoms with Crippen molar-refractivity contribution in [3.05, 3.63) is 79.9 Å². The quantitative estimate of drug-likeness (QED) is 0.303. The molecule has 0 heterocycles. The third-order valence-electron chi connectivity index (χ3n) is 9.04. The van der Waals surface area contributed by atoms with Crippen LogP contribution < -0.4 is 0 Å². The standard InChI is InChI=1S/2C16H21.C2H4.2ClH.Zr/c2*1-10(2)13-8-14-6-12(5)7-16(14)15(9-13)11(3)4;1-2;;;/h2*6-11H,1-5H3;1H,2H3;2*1H;/q;;;;;+2/p-2. The monoisotopic (exact) mass is 614 g/mol. The average Bonchev–Trinajstić information content (AvgIpc) is 3.33. The maximum absolute atomic E-state index is 8.20. The predicted molar refractivity (Wildman–Crippen MR) is 165 cm³/mol. The molecule has 2 aliphatic carbocycles. The molecule has 0 saturated heterocycles. The van der Waals surface area contributed by atoms with E-state index in [-0.39, 0.29) is 7.25 Å². The molecule has 37 heavy (non-hydrogen) atoms. The molecule has 0 aromatic heterocycles. The number of halogens is 2. The van der Waals surface area contributed by atoms with Crippen molar-refractivity contribution in [3.8, 4) is 0 Å². The molecule has 0 radical (unpaired) electrons. The Balaban J connectivity index is 2.04. The van der Waals surface area contributed by atoms with E-state index in [9.17, 15) is 0 Å². The first-order chi connectivity index (χ1) is 17.1. The van der Waals surface area contributed by atoms with Crippen molar-refractivity contribution in [2.24, 2.45) is 0 Å². The van der Waals surface area contributed by atoms with Crippen molar-refractivity contribution in [2.75, 3.05) is 0 Å². The van der Waals surface area contributed by atoms with Gasteiger partial charge in [-0.2, -0.15) is 0 Å². The molecular formula is C34H46Cl2Zr. The second-order valence-electron chi connectivity index (χ2n) is 13.0. The van der Waals surface area contributed by atoms with Gasteiger partial charge in [0.25, 0.3) is 0 Å². The number of allylic oxidation sites excluding steroid dienone is 2. The van der Waals surface area contributed by atoms with Gasteiger partial charge in [0.05, 0.1) is 0 Å². The molecule has 3 heteroatoms. The Labute approximate surface area is 234 Å². The van der Waals surface area contributed by atoms with Gasteiger partial charge in [-0.05, 0) is 0 Å². The fourth-order valence-corrected chi connectivity index (χ4v) is 25.1. The van der Waals surface area contributed by atoms with Gasteiger partial charge < -0.3 is 0 Å². The normalized spacial score (nSPS) is 19.6. The van der Waals surface area contributed by atoms with Crippen LogP contribution in [0, 0.1) is 0 Å². The molecular weight excluding hydrogens is 571 g/mol. The number of benzene rings is 2. The van der Waals surface area contributed by atoms with Crippen LogP contribution in [-0.4, -0.2) is 3.71 Å². The van der Waals surface area contributed by atoms with E-state index in [1.54, 1.807) is 0 Å². The van der Waals surface area contributed by atoms with Gasteiger partial charge in [-0.3, -0.25) is 0 Å². The van der Waals surface area contributed by atoms with Crippen LogP contribution in [0.2, 0.25) is 0 Å². The van der Waals surface area contributed by atoms with E-state index in [1.807, 2.05) is 0 Å². The second-order valence-corrected chi connectivity index (χ2v) is 34.4. The van der Waals surface area contributed by atoms with E-state index in [2.05, 4.69) is 116 Å². The first kappa shape index (κ1) is 29.2. The number of fused-ring (bicyclic) bond motifs is 2. The van der Waals surface area contributed by atoms with Crippen LogP contribution in [0.25, 0.3) is 12.2 Å². The number of rotatable bonds is 6. The molecule has 0 nitrogen and oxygen atoms in total. The molecule has 0 spiro atoms. The first-order valence-corrected chi connectivity index (χ1v) is 24.8. The molecule has 0 fully saturated rings. The Morgan fingerprint density at radius 1 is 0.622 bits per heavy atom. The zero-order valence-corrected chi connectivity index (χ0v) is 28.7. The fraction of sp³-hybridized carbons (Fsp3) is 0.500. The zero-order valence-electron chi connectivity index (χ0n) is 24.8. The summed E-state index contributed by atoms with van der Waals surface area (Å²) in [5.41, 5.74) is 13.8. The Hall–Kier alpha value is -0.747. The Kier molecular flexibility index (Phi) is 7.92. The molecule has 2 aromatic rings. The fourth-order valence-electron chi connectivity index (χ4n) is 6.96. The topological polar surface area (TPSA) is 0 Å². The summed E-state index contributed by atoms with van der Waals surface area (Å²) in [6.45, 7) is 25.0. The van der Waals surface area contributed by atoms with Crippen LogP contribution in [0.4, 0.5) is 0 Å². The van der Waals surface area contributed by atoms with Gasteiger partial charge in [0.1, 0.15) is 0 Å². The van der Waals surface area contributed by atoms with Crippen LogP contribution in [-0.2, 0) is 15.9 Å². The van der Waals surface area contributed by atoms with E-state index >= 15 is 0 Å². The Morgan fingerprint density at radius 2 is 0.973 bits per heavy atom. The molecule has 0 amide bonds. The minimum absolute atomic E-state index is 0.0745. The van der Waals surface area contributed by atoms with Gasteiger partial charge in [-0.15, -0.1) is 0 Å². The van der Waals surface area contributed by atoms with Gasteiger partial charge in [-0.1, -0.05) is 0 Å². The first-order valence-electron chi connectivity index (χ1n) is 14.2. The summed E-state index contributed by atoms with van der Waals surface area (Å²) in [5.74, 6) is 1.81. The van der Waals surface area contributed by atoms with Crippen LogP contribution in [0.15, 0.2) is 35.4 Å². The van der Waals surface area contributed by atoms with Crippen LogP contribution >= 0.6 is 17.0 Å². The SMILES string of the molecule is C[CH]=[Zr]([Cl])([Cl])([CH]1C(C)=Cc2c(C(C)C)cc(C(C)C)cc21)[CH]1C(C)=Cc2c(C(C)C)cc(C(C)C)cc21. The molecule has 0 saturated carbocycles. The van der Waals surface area contributed by atoms with Crippen molar-refractivity contribution in [3.63, 3.8) is 0 Å². The minimum atomic E-state index is -4.75. The summed E-state index contributed by atoms with van der Waals surface area (Å²) < 4.78 is 2.45. The average molecular weight is 617 g/mol. The van der Waals surface area contributed by atoms with E-state index in [1.165, 1.54) is 55.7 Å².